The summed E-state index contributed by atoms with van der Waals surface area (Å²) in [7, 11) is 1.57. The normalized spacial score (nSPS) is 10.7. The van der Waals surface area contributed by atoms with E-state index in [0.29, 0.717) is 17.0 Å². The van der Waals surface area contributed by atoms with Gasteiger partial charge in [-0.25, -0.2) is 8.78 Å². The molecule has 0 saturated carbocycles. The van der Waals surface area contributed by atoms with Crippen molar-refractivity contribution in [2.75, 3.05) is 12.4 Å². The molecule has 29 heavy (non-hydrogen) atoms. The molecular formula is C21H15F2N3O3. The minimum atomic E-state index is -0.714. The van der Waals surface area contributed by atoms with Crippen molar-refractivity contribution >= 4 is 11.7 Å². The van der Waals surface area contributed by atoms with Gasteiger partial charge in [-0.1, -0.05) is 11.2 Å². The predicted molar refractivity (Wildman–Crippen MR) is 103 cm³/mol. The van der Waals surface area contributed by atoms with Gasteiger partial charge in [-0.3, -0.25) is 0 Å². The van der Waals surface area contributed by atoms with E-state index in [1.807, 2.05) is 0 Å². The van der Waals surface area contributed by atoms with Gasteiger partial charge in [0.05, 0.1) is 12.7 Å². The molecule has 1 heterocycles. The molecular weight excluding hydrogens is 380 g/mol. The number of hydrogen-bond donors (Lipinski definition) is 2. The van der Waals surface area contributed by atoms with E-state index in [2.05, 4.69) is 15.5 Å². The molecule has 6 nitrogen and oxygen atoms in total. The SMILES string of the molecule is COc1ccc(Nc2nnc(-c3cc(-c4ccc(F)cc4F)ccc3O)o2)cc1. The average Bonchev–Trinajstić information content (AvgIpc) is 3.17. The molecule has 0 aliphatic carbocycles. The fourth-order valence-electron chi connectivity index (χ4n) is 2.78. The Morgan fingerprint density at radius 3 is 2.45 bits per heavy atom. The standard InChI is InChI=1S/C21H15F2N3O3/c1-28-15-6-4-14(5-7-15)24-21-26-25-20(29-21)17-10-12(2-9-19(17)27)16-8-3-13(22)11-18(16)23/h2-11,27H,1H3,(H,24,26). The summed E-state index contributed by atoms with van der Waals surface area (Å²) in [6.45, 7) is 0. The van der Waals surface area contributed by atoms with Gasteiger partial charge in [-0.2, -0.15) is 0 Å². The molecule has 146 valence electrons. The smallest absolute Gasteiger partial charge is 0.320 e. The molecule has 0 saturated heterocycles. The highest BCUT2D eigenvalue weighted by molar-refractivity contribution is 5.74. The highest BCUT2D eigenvalue weighted by Crippen LogP contribution is 2.34. The third kappa shape index (κ3) is 3.86. The Labute approximate surface area is 164 Å². The molecule has 1 aromatic heterocycles. The quantitative estimate of drug-likeness (QED) is 0.487. The summed E-state index contributed by atoms with van der Waals surface area (Å²) >= 11 is 0. The number of phenolic OH excluding ortho intramolecular Hbond substituents is 1. The first kappa shape index (κ1) is 18.4. The first-order valence-corrected chi connectivity index (χ1v) is 8.57. The predicted octanol–water partition coefficient (Wildman–Crippen LogP) is 5.14. The molecule has 3 aromatic carbocycles. The van der Waals surface area contributed by atoms with Crippen LogP contribution in [0, 0.1) is 11.6 Å². The molecule has 0 amide bonds. The van der Waals surface area contributed by atoms with Crippen LogP contribution >= 0.6 is 0 Å². The number of anilines is 2. The minimum Gasteiger partial charge on any atom is -0.507 e. The van der Waals surface area contributed by atoms with Crippen LogP contribution in [0.5, 0.6) is 11.5 Å². The number of aromatic hydroxyl groups is 1. The third-order valence-corrected chi connectivity index (χ3v) is 4.24. The van der Waals surface area contributed by atoms with E-state index in [1.165, 1.54) is 24.3 Å². The lowest BCUT2D eigenvalue weighted by Crippen LogP contribution is -1.90. The highest BCUT2D eigenvalue weighted by atomic mass is 19.1. The van der Waals surface area contributed by atoms with Crippen LogP contribution in [0.3, 0.4) is 0 Å². The van der Waals surface area contributed by atoms with Crippen LogP contribution in [0.2, 0.25) is 0 Å². The lowest BCUT2D eigenvalue weighted by atomic mass is 10.0. The summed E-state index contributed by atoms with van der Waals surface area (Å²) in [6, 6.07) is 14.9. The number of nitrogens with zero attached hydrogens (tertiary/aromatic N) is 2. The number of phenols is 1. The summed E-state index contributed by atoms with van der Waals surface area (Å²) in [6.07, 6.45) is 0. The Bertz CT molecular complexity index is 1160. The lowest BCUT2D eigenvalue weighted by Gasteiger charge is -2.07. The number of benzene rings is 3. The number of methoxy groups -OCH3 is 1. The van der Waals surface area contributed by atoms with Crippen LogP contribution < -0.4 is 10.1 Å². The van der Waals surface area contributed by atoms with Gasteiger partial charge in [0.25, 0.3) is 5.89 Å². The van der Waals surface area contributed by atoms with Crippen molar-refractivity contribution in [1.29, 1.82) is 0 Å². The van der Waals surface area contributed by atoms with Crippen LogP contribution in [-0.4, -0.2) is 22.4 Å². The highest BCUT2D eigenvalue weighted by Gasteiger charge is 2.16. The van der Waals surface area contributed by atoms with Gasteiger partial charge in [-0.15, -0.1) is 5.10 Å². The van der Waals surface area contributed by atoms with Crippen molar-refractivity contribution in [2.45, 2.75) is 0 Å². The van der Waals surface area contributed by atoms with Gasteiger partial charge in [0.1, 0.15) is 23.1 Å². The third-order valence-electron chi connectivity index (χ3n) is 4.24. The van der Waals surface area contributed by atoms with Gasteiger partial charge in [0, 0.05) is 17.3 Å². The molecule has 8 heteroatoms. The van der Waals surface area contributed by atoms with Crippen molar-refractivity contribution in [3.63, 3.8) is 0 Å². The average molecular weight is 395 g/mol. The molecule has 2 N–H and O–H groups in total. The lowest BCUT2D eigenvalue weighted by molar-refractivity contribution is 0.415. The fourth-order valence-corrected chi connectivity index (χ4v) is 2.78. The summed E-state index contributed by atoms with van der Waals surface area (Å²) in [5.74, 6) is -0.749. The summed E-state index contributed by atoms with van der Waals surface area (Å²) < 4.78 is 37.9. The Morgan fingerprint density at radius 1 is 0.931 bits per heavy atom. The van der Waals surface area contributed by atoms with Crippen LogP contribution in [-0.2, 0) is 0 Å². The molecule has 0 aliphatic heterocycles. The van der Waals surface area contributed by atoms with Gasteiger partial charge in [-0.05, 0) is 54.1 Å². The van der Waals surface area contributed by atoms with Gasteiger partial charge in [0.15, 0.2) is 0 Å². The Hall–Kier alpha value is -3.94. The Balaban J connectivity index is 1.63. The maximum Gasteiger partial charge on any atom is 0.320 e. The summed E-state index contributed by atoms with van der Waals surface area (Å²) in [4.78, 5) is 0. The molecule has 4 rings (SSSR count). The number of aromatic nitrogens is 2. The second-order valence-electron chi connectivity index (χ2n) is 6.12. The van der Waals surface area contributed by atoms with Crippen LogP contribution in [0.1, 0.15) is 0 Å². The first-order chi connectivity index (χ1) is 14.0. The van der Waals surface area contributed by atoms with Crippen LogP contribution in [0.15, 0.2) is 65.1 Å². The second-order valence-corrected chi connectivity index (χ2v) is 6.12. The van der Waals surface area contributed by atoms with E-state index in [-0.39, 0.29) is 28.8 Å². The van der Waals surface area contributed by atoms with Gasteiger partial charge < -0.3 is 19.6 Å². The maximum atomic E-state index is 14.1. The number of rotatable bonds is 5. The number of halogens is 2. The maximum absolute atomic E-state index is 14.1. The zero-order valence-electron chi connectivity index (χ0n) is 15.2. The van der Waals surface area contributed by atoms with Crippen molar-refractivity contribution in [3.05, 3.63) is 72.3 Å². The molecule has 0 spiro atoms. The van der Waals surface area contributed by atoms with E-state index in [9.17, 15) is 13.9 Å². The van der Waals surface area contributed by atoms with Crippen molar-refractivity contribution in [3.8, 4) is 34.1 Å². The van der Waals surface area contributed by atoms with Crippen LogP contribution in [0.4, 0.5) is 20.5 Å². The zero-order valence-corrected chi connectivity index (χ0v) is 15.2. The topological polar surface area (TPSA) is 80.4 Å². The molecule has 0 radical (unpaired) electrons. The van der Waals surface area contributed by atoms with E-state index in [0.717, 1.165) is 12.1 Å². The van der Waals surface area contributed by atoms with E-state index in [1.54, 1.807) is 31.4 Å². The molecule has 0 aliphatic rings. The number of hydrogen-bond acceptors (Lipinski definition) is 6. The van der Waals surface area contributed by atoms with E-state index >= 15 is 0 Å². The summed E-state index contributed by atoms with van der Waals surface area (Å²) in [5, 5.41) is 21.0. The van der Waals surface area contributed by atoms with Gasteiger partial charge in [0.2, 0.25) is 0 Å². The molecule has 4 aromatic rings. The Kier molecular flexibility index (Phi) is 4.82. The van der Waals surface area contributed by atoms with Crippen molar-refractivity contribution < 1.29 is 23.0 Å². The van der Waals surface area contributed by atoms with Gasteiger partial charge >= 0.3 is 6.01 Å². The second kappa shape index (κ2) is 7.59. The van der Waals surface area contributed by atoms with Crippen LogP contribution in [0.25, 0.3) is 22.6 Å². The molecule has 0 unspecified atom stereocenters. The first-order valence-electron chi connectivity index (χ1n) is 8.57. The Morgan fingerprint density at radius 2 is 1.72 bits per heavy atom. The minimum absolute atomic E-state index is 0.0443. The molecule has 0 bridgehead atoms. The van der Waals surface area contributed by atoms with Crippen molar-refractivity contribution in [1.82, 2.24) is 10.2 Å². The molecule has 0 fully saturated rings. The fraction of sp³-hybridized carbons (Fsp3) is 0.0476. The van der Waals surface area contributed by atoms with E-state index in [4.69, 9.17) is 9.15 Å². The zero-order chi connectivity index (χ0) is 20.4. The van der Waals surface area contributed by atoms with Crippen molar-refractivity contribution in [2.24, 2.45) is 0 Å². The largest absolute Gasteiger partial charge is 0.507 e. The molecule has 0 atom stereocenters. The monoisotopic (exact) mass is 395 g/mol. The number of ether oxygens (including phenoxy) is 1. The summed E-state index contributed by atoms with van der Waals surface area (Å²) in [5.41, 5.74) is 1.54. The van der Waals surface area contributed by atoms with E-state index < -0.39 is 11.6 Å². The number of nitrogens with one attached hydrogen (secondary N) is 1.